The second-order valence-corrected chi connectivity index (χ2v) is 20.6. The molecule has 1 heterocycles. The molecule has 0 fully saturated rings. The second kappa shape index (κ2) is 9.45. The first kappa shape index (κ1) is 18.5. The van der Waals surface area contributed by atoms with Crippen molar-refractivity contribution >= 4 is 33.4 Å². The van der Waals surface area contributed by atoms with E-state index in [2.05, 4.69) is 34.6 Å². The topological polar surface area (TPSA) is 12.9 Å². The van der Waals surface area contributed by atoms with E-state index in [-0.39, 0.29) is 0 Å². The first-order chi connectivity index (χ1) is 9.59. The Bertz CT molecular complexity index is 365. The van der Waals surface area contributed by atoms with Crippen LogP contribution in [0.15, 0.2) is 0 Å². The molecular weight excluding hydrogens is 369 g/mol. The van der Waals surface area contributed by atoms with Crippen LogP contribution in [0.2, 0.25) is 13.3 Å². The van der Waals surface area contributed by atoms with Crippen LogP contribution in [0.25, 0.3) is 0 Å². The van der Waals surface area contributed by atoms with E-state index in [0.717, 1.165) is 0 Å². The van der Waals surface area contributed by atoms with Gasteiger partial charge in [0.25, 0.3) is 0 Å². The molecule has 0 N–H and O–H groups in total. The molecule has 0 aliphatic heterocycles. The van der Waals surface area contributed by atoms with Crippen molar-refractivity contribution in [2.75, 3.05) is 0 Å². The molecule has 0 radical (unpaired) electrons. The third-order valence-electron chi connectivity index (χ3n) is 4.43. The van der Waals surface area contributed by atoms with E-state index in [4.69, 9.17) is 4.98 Å². The zero-order valence-corrected chi connectivity index (χ0v) is 17.9. The molecule has 0 aliphatic carbocycles. The molecule has 0 atom stereocenters. The zero-order valence-electron chi connectivity index (χ0n) is 14.2. The zero-order chi connectivity index (χ0) is 15.0. The van der Waals surface area contributed by atoms with Gasteiger partial charge in [0, 0.05) is 0 Å². The van der Waals surface area contributed by atoms with Gasteiger partial charge in [0.2, 0.25) is 0 Å². The molecule has 0 amide bonds. The van der Waals surface area contributed by atoms with Crippen LogP contribution < -0.4 is 3.71 Å². The Morgan fingerprint density at radius 3 is 1.60 bits per heavy atom. The summed E-state index contributed by atoms with van der Waals surface area (Å²) in [6.45, 7) is 11.5. The van der Waals surface area contributed by atoms with Crippen molar-refractivity contribution in [2.24, 2.45) is 0 Å². The fraction of sp³-hybridized carbons (Fsp3) is 0.824. The van der Waals surface area contributed by atoms with Crippen LogP contribution in [0, 0.1) is 13.8 Å². The number of unbranched alkanes of at least 4 members (excludes halogenated alkanes) is 3. The Morgan fingerprint density at radius 2 is 1.30 bits per heavy atom. The molecule has 0 aromatic carbocycles. The summed E-state index contributed by atoms with van der Waals surface area (Å²) < 4.78 is 6.26. The molecule has 0 spiro atoms. The average Bonchev–Trinajstić information content (AvgIpc) is 2.78. The van der Waals surface area contributed by atoms with Gasteiger partial charge in [-0.1, -0.05) is 0 Å². The Kier molecular flexibility index (Phi) is 8.73. The van der Waals surface area contributed by atoms with Crippen LogP contribution in [-0.2, 0) is 0 Å². The van der Waals surface area contributed by atoms with Crippen LogP contribution in [0.3, 0.4) is 0 Å². The number of aryl methyl sites for hydroxylation is 2. The van der Waals surface area contributed by atoms with E-state index in [9.17, 15) is 0 Å². The van der Waals surface area contributed by atoms with Gasteiger partial charge in [-0.25, -0.2) is 0 Å². The molecule has 1 aromatic rings. The van der Waals surface area contributed by atoms with E-state index in [1.165, 1.54) is 56.8 Å². The molecule has 1 aromatic heterocycles. The maximum absolute atomic E-state index is 5.05. The molecule has 20 heavy (non-hydrogen) atoms. The summed E-state index contributed by atoms with van der Waals surface area (Å²) in [6, 6.07) is 0. The molecular formula is C17H33NSSn. The molecule has 3 heteroatoms. The number of hydrogen-bond acceptors (Lipinski definition) is 2. The summed E-state index contributed by atoms with van der Waals surface area (Å²) in [6.07, 6.45) is 8.33. The summed E-state index contributed by atoms with van der Waals surface area (Å²) in [5.41, 5.74) is 0. The van der Waals surface area contributed by atoms with Crippen molar-refractivity contribution < 1.29 is 0 Å². The third-order valence-corrected chi connectivity index (χ3v) is 21.3. The van der Waals surface area contributed by atoms with Crippen molar-refractivity contribution in [1.82, 2.24) is 4.98 Å². The van der Waals surface area contributed by atoms with Gasteiger partial charge in [0.1, 0.15) is 0 Å². The summed E-state index contributed by atoms with van der Waals surface area (Å²) >= 11 is -0.300. The van der Waals surface area contributed by atoms with E-state index in [1.807, 2.05) is 11.3 Å². The van der Waals surface area contributed by atoms with Gasteiger partial charge in [-0.3, -0.25) is 0 Å². The van der Waals surface area contributed by atoms with Gasteiger partial charge in [-0.05, 0) is 0 Å². The molecule has 0 aliphatic rings. The Morgan fingerprint density at radius 1 is 0.850 bits per heavy atom. The van der Waals surface area contributed by atoms with Gasteiger partial charge in [0.05, 0.1) is 0 Å². The van der Waals surface area contributed by atoms with E-state index in [0.29, 0.717) is 0 Å². The number of nitrogens with zero attached hydrogens (tertiary/aromatic N) is 1. The Balaban J connectivity index is 3.07. The van der Waals surface area contributed by atoms with Crippen LogP contribution in [0.5, 0.6) is 0 Å². The summed E-state index contributed by atoms with van der Waals surface area (Å²) in [7, 11) is 0. The minimum absolute atomic E-state index is 1.29. The van der Waals surface area contributed by atoms with E-state index >= 15 is 0 Å². The first-order valence-electron chi connectivity index (χ1n) is 8.54. The first-order valence-corrected chi connectivity index (χ1v) is 16.8. The van der Waals surface area contributed by atoms with E-state index in [1.54, 1.807) is 8.59 Å². The van der Waals surface area contributed by atoms with Crippen LogP contribution in [0.1, 0.15) is 69.2 Å². The fourth-order valence-corrected chi connectivity index (χ4v) is 22.4. The van der Waals surface area contributed by atoms with Crippen LogP contribution >= 0.6 is 11.3 Å². The van der Waals surface area contributed by atoms with E-state index < -0.39 is 18.4 Å². The Labute approximate surface area is 134 Å². The summed E-state index contributed by atoms with van der Waals surface area (Å²) in [5, 5.41) is 1.29. The standard InChI is InChI=1S/C5H6NS.3C4H9.Sn/c1-4-3-6-5(2)7-4;3*1-3-4-2;/h1-2H3;3*1,3-4H2,2H3;. The predicted octanol–water partition coefficient (Wildman–Crippen LogP) is 5.82. The number of aromatic nitrogens is 1. The Hall–Kier alpha value is 0.429. The summed E-state index contributed by atoms with van der Waals surface area (Å²) in [5.74, 6) is 0. The normalized spacial score (nSPS) is 12.1. The van der Waals surface area contributed by atoms with Crippen molar-refractivity contribution in [3.05, 3.63) is 9.88 Å². The molecule has 0 bridgehead atoms. The summed E-state index contributed by atoms with van der Waals surface area (Å²) in [4.78, 5) is 6.61. The number of thiazole rings is 1. The third kappa shape index (κ3) is 5.01. The van der Waals surface area contributed by atoms with Gasteiger partial charge in [-0.2, -0.15) is 0 Å². The van der Waals surface area contributed by atoms with Gasteiger partial charge in [0.15, 0.2) is 0 Å². The second-order valence-electron chi connectivity index (χ2n) is 6.23. The van der Waals surface area contributed by atoms with Gasteiger partial charge in [-0.15, -0.1) is 0 Å². The quantitative estimate of drug-likeness (QED) is 0.450. The van der Waals surface area contributed by atoms with Crippen molar-refractivity contribution in [3.8, 4) is 0 Å². The van der Waals surface area contributed by atoms with Crippen molar-refractivity contribution in [1.29, 1.82) is 0 Å². The molecule has 0 saturated carbocycles. The fourth-order valence-electron chi connectivity index (χ4n) is 3.30. The molecule has 1 nitrogen and oxygen atoms in total. The molecule has 0 unspecified atom stereocenters. The molecule has 0 saturated heterocycles. The van der Waals surface area contributed by atoms with Crippen molar-refractivity contribution in [2.45, 2.75) is 86.5 Å². The van der Waals surface area contributed by atoms with Gasteiger partial charge >= 0.3 is 135 Å². The van der Waals surface area contributed by atoms with Crippen molar-refractivity contribution in [3.63, 3.8) is 0 Å². The molecule has 116 valence electrons. The minimum atomic E-state index is -2.24. The number of rotatable bonds is 10. The van der Waals surface area contributed by atoms with Gasteiger partial charge < -0.3 is 0 Å². The monoisotopic (exact) mass is 403 g/mol. The average molecular weight is 402 g/mol. The predicted molar refractivity (Wildman–Crippen MR) is 96.1 cm³/mol. The molecule has 1 rings (SSSR count). The van der Waals surface area contributed by atoms with Crippen LogP contribution in [0.4, 0.5) is 0 Å². The number of hydrogen-bond donors (Lipinski definition) is 0. The van der Waals surface area contributed by atoms with Crippen LogP contribution in [-0.4, -0.2) is 23.4 Å². The SMILES string of the molecule is CCC[CH2][Sn]([CH2]CCC)([CH2]CCC)[c]1nc(C)sc1C. The maximum atomic E-state index is 5.05.